The maximum atomic E-state index is 13.4. The minimum absolute atomic E-state index is 0.0904. The van der Waals surface area contributed by atoms with Gasteiger partial charge in [0.25, 0.3) is 0 Å². The van der Waals surface area contributed by atoms with Crippen LogP contribution in [0.4, 0.5) is 4.39 Å². The number of hydrogen-bond acceptors (Lipinski definition) is 4. The quantitative estimate of drug-likeness (QED) is 0.558. The molecule has 0 saturated carbocycles. The number of hydrogen-bond donors (Lipinski definition) is 0. The molecule has 0 bridgehead atoms. The van der Waals surface area contributed by atoms with Crippen LogP contribution in [0.3, 0.4) is 0 Å². The highest BCUT2D eigenvalue weighted by atomic mass is 19.1. The van der Waals surface area contributed by atoms with Gasteiger partial charge in [-0.2, -0.15) is 0 Å². The van der Waals surface area contributed by atoms with E-state index in [-0.39, 0.29) is 31.2 Å². The van der Waals surface area contributed by atoms with Crippen LogP contribution < -0.4 is 0 Å². The van der Waals surface area contributed by atoms with Crippen molar-refractivity contribution >= 4 is 11.8 Å². The van der Waals surface area contributed by atoms with E-state index in [1.54, 1.807) is 37.1 Å². The summed E-state index contributed by atoms with van der Waals surface area (Å²) in [6.07, 6.45) is -0.241. The van der Waals surface area contributed by atoms with Gasteiger partial charge < -0.3 is 4.74 Å². The van der Waals surface area contributed by atoms with Gasteiger partial charge in [-0.3, -0.25) is 14.5 Å². The zero-order valence-electron chi connectivity index (χ0n) is 11.2. The smallest absolute Gasteiger partial charge is 0.313 e. The molecule has 1 aromatic rings. The molecule has 0 saturated heterocycles. The molecule has 1 rings (SSSR count). The molecule has 0 N–H and O–H groups in total. The van der Waals surface area contributed by atoms with Crippen LogP contribution in [-0.2, 0) is 20.9 Å². The predicted molar refractivity (Wildman–Crippen MR) is 69.0 cm³/mol. The number of Topliss-reactive ketones (excluding diaryl/α,β-unsaturated/α-hetero) is 1. The van der Waals surface area contributed by atoms with E-state index >= 15 is 0 Å². The fourth-order valence-electron chi connectivity index (χ4n) is 1.70. The van der Waals surface area contributed by atoms with E-state index in [2.05, 4.69) is 0 Å². The van der Waals surface area contributed by atoms with Gasteiger partial charge >= 0.3 is 5.97 Å². The van der Waals surface area contributed by atoms with E-state index in [1.807, 2.05) is 0 Å². The lowest BCUT2D eigenvalue weighted by Gasteiger charge is -2.15. The number of rotatable bonds is 7. The van der Waals surface area contributed by atoms with Crippen LogP contribution >= 0.6 is 0 Å². The van der Waals surface area contributed by atoms with Crippen LogP contribution in [0.15, 0.2) is 24.3 Å². The molecular weight excluding hydrogens is 249 g/mol. The molecule has 0 aliphatic rings. The molecule has 0 aromatic heterocycles. The molecule has 0 fully saturated rings. The van der Waals surface area contributed by atoms with Crippen molar-refractivity contribution in [2.45, 2.75) is 19.9 Å². The Kier molecular flexibility index (Phi) is 6.15. The van der Waals surface area contributed by atoms with Gasteiger partial charge in [-0.15, -0.1) is 0 Å². The summed E-state index contributed by atoms with van der Waals surface area (Å²) in [7, 11) is 1.70. The minimum Gasteiger partial charge on any atom is -0.466 e. The van der Waals surface area contributed by atoms with Crippen molar-refractivity contribution in [3.05, 3.63) is 35.6 Å². The Morgan fingerprint density at radius 2 is 2.00 bits per heavy atom. The van der Waals surface area contributed by atoms with Crippen LogP contribution in [0.5, 0.6) is 0 Å². The number of halogens is 1. The van der Waals surface area contributed by atoms with E-state index in [4.69, 9.17) is 4.74 Å². The average Bonchev–Trinajstić information content (AvgIpc) is 2.31. The Morgan fingerprint density at radius 1 is 1.32 bits per heavy atom. The van der Waals surface area contributed by atoms with Crippen LogP contribution in [0.1, 0.15) is 18.9 Å². The second-order valence-corrected chi connectivity index (χ2v) is 4.28. The summed E-state index contributed by atoms with van der Waals surface area (Å²) in [6.45, 7) is 2.36. The molecule has 104 valence electrons. The zero-order chi connectivity index (χ0) is 14.3. The van der Waals surface area contributed by atoms with Crippen molar-refractivity contribution in [3.8, 4) is 0 Å². The van der Waals surface area contributed by atoms with Gasteiger partial charge in [-0.05, 0) is 20.0 Å². The van der Waals surface area contributed by atoms with Gasteiger partial charge in [-0.25, -0.2) is 4.39 Å². The summed E-state index contributed by atoms with van der Waals surface area (Å²) in [4.78, 5) is 24.4. The van der Waals surface area contributed by atoms with Gasteiger partial charge in [0.05, 0.1) is 13.2 Å². The predicted octanol–water partition coefficient (Wildman–Crippen LogP) is 1.78. The third-order valence-electron chi connectivity index (χ3n) is 2.49. The standard InChI is InChI=1S/C14H18FNO3/c1-3-19-14(18)8-12(17)10-16(2)9-11-6-4-5-7-13(11)15/h4-7H,3,8-10H2,1-2H3. The van der Waals surface area contributed by atoms with Crippen molar-refractivity contribution in [1.29, 1.82) is 0 Å². The first kappa shape index (κ1) is 15.3. The fraction of sp³-hybridized carbons (Fsp3) is 0.429. The second-order valence-electron chi connectivity index (χ2n) is 4.28. The molecule has 0 radical (unpaired) electrons. The SMILES string of the molecule is CCOC(=O)CC(=O)CN(C)Cc1ccccc1F. The topological polar surface area (TPSA) is 46.6 Å². The lowest BCUT2D eigenvalue weighted by molar-refractivity contribution is -0.145. The van der Waals surface area contributed by atoms with Crippen LogP contribution in [0.25, 0.3) is 0 Å². The highest BCUT2D eigenvalue weighted by Gasteiger charge is 2.13. The van der Waals surface area contributed by atoms with E-state index in [0.717, 1.165) is 0 Å². The number of likely N-dealkylation sites (N-methyl/N-ethyl adjacent to an activating group) is 1. The summed E-state index contributed by atoms with van der Waals surface area (Å²) in [6, 6.07) is 6.41. The lowest BCUT2D eigenvalue weighted by Crippen LogP contribution is -2.27. The van der Waals surface area contributed by atoms with E-state index in [1.165, 1.54) is 6.07 Å². The third-order valence-corrected chi connectivity index (χ3v) is 2.49. The molecule has 0 aliphatic heterocycles. The molecule has 0 aliphatic carbocycles. The average molecular weight is 267 g/mol. The number of esters is 1. The highest BCUT2D eigenvalue weighted by molar-refractivity contribution is 5.96. The van der Waals surface area contributed by atoms with Gasteiger partial charge in [0, 0.05) is 12.1 Å². The Labute approximate surface area is 112 Å². The van der Waals surface area contributed by atoms with E-state index in [0.29, 0.717) is 12.1 Å². The lowest BCUT2D eigenvalue weighted by atomic mass is 10.2. The Hall–Kier alpha value is -1.75. The van der Waals surface area contributed by atoms with E-state index in [9.17, 15) is 14.0 Å². The van der Waals surface area contributed by atoms with Crippen molar-refractivity contribution < 1.29 is 18.7 Å². The first-order chi connectivity index (χ1) is 9.02. The number of nitrogens with zero attached hydrogens (tertiary/aromatic N) is 1. The summed E-state index contributed by atoms with van der Waals surface area (Å²) < 4.78 is 18.1. The summed E-state index contributed by atoms with van der Waals surface area (Å²) in [5.74, 6) is -1.06. The van der Waals surface area contributed by atoms with Crippen molar-refractivity contribution in [3.63, 3.8) is 0 Å². The van der Waals surface area contributed by atoms with E-state index < -0.39 is 5.97 Å². The molecule has 19 heavy (non-hydrogen) atoms. The Balaban J connectivity index is 2.43. The molecule has 0 atom stereocenters. The molecule has 0 unspecified atom stereocenters. The maximum absolute atomic E-state index is 13.4. The summed E-state index contributed by atoms with van der Waals surface area (Å²) in [5.41, 5.74) is 0.522. The largest absolute Gasteiger partial charge is 0.466 e. The first-order valence-corrected chi connectivity index (χ1v) is 6.12. The molecule has 5 heteroatoms. The van der Waals surface area contributed by atoms with Crippen molar-refractivity contribution in [2.75, 3.05) is 20.2 Å². The number of ketones is 1. The third kappa shape index (κ3) is 5.61. The van der Waals surface area contributed by atoms with Crippen LogP contribution in [0, 0.1) is 5.82 Å². The molecule has 0 heterocycles. The van der Waals surface area contributed by atoms with Crippen LogP contribution in [-0.4, -0.2) is 36.9 Å². The molecular formula is C14H18FNO3. The van der Waals surface area contributed by atoms with Crippen LogP contribution in [0.2, 0.25) is 0 Å². The van der Waals surface area contributed by atoms with Gasteiger partial charge in [0.15, 0.2) is 5.78 Å². The Bertz CT molecular complexity index is 448. The molecule has 1 aromatic carbocycles. The summed E-state index contributed by atoms with van der Waals surface area (Å²) >= 11 is 0. The number of benzene rings is 1. The Morgan fingerprint density at radius 3 is 2.63 bits per heavy atom. The number of carbonyl (C=O) groups is 2. The fourth-order valence-corrected chi connectivity index (χ4v) is 1.70. The van der Waals surface area contributed by atoms with Crippen molar-refractivity contribution in [1.82, 2.24) is 4.90 Å². The van der Waals surface area contributed by atoms with Gasteiger partial charge in [0.1, 0.15) is 12.2 Å². The zero-order valence-corrected chi connectivity index (χ0v) is 11.2. The highest BCUT2D eigenvalue weighted by Crippen LogP contribution is 2.08. The molecule has 0 spiro atoms. The summed E-state index contributed by atoms with van der Waals surface area (Å²) in [5, 5.41) is 0. The van der Waals surface area contributed by atoms with Gasteiger partial charge in [0.2, 0.25) is 0 Å². The minimum atomic E-state index is -0.521. The monoisotopic (exact) mass is 267 g/mol. The number of ether oxygens (including phenoxy) is 1. The maximum Gasteiger partial charge on any atom is 0.313 e. The number of carbonyl (C=O) groups excluding carboxylic acids is 2. The second kappa shape index (κ2) is 7.63. The van der Waals surface area contributed by atoms with Gasteiger partial charge in [-0.1, -0.05) is 18.2 Å². The molecule has 4 nitrogen and oxygen atoms in total. The first-order valence-electron chi connectivity index (χ1n) is 6.12. The van der Waals surface area contributed by atoms with Crippen molar-refractivity contribution in [2.24, 2.45) is 0 Å². The molecule has 0 amide bonds. The normalized spacial score (nSPS) is 10.5.